The summed E-state index contributed by atoms with van der Waals surface area (Å²) in [5.41, 5.74) is -0.591. The number of ether oxygens (including phenoxy) is 1. The number of carbonyl (C=O) groups excluding carboxylic acids is 1. The van der Waals surface area contributed by atoms with Gasteiger partial charge in [-0.15, -0.1) is 0 Å². The van der Waals surface area contributed by atoms with E-state index in [9.17, 15) is 10.0 Å². The van der Waals surface area contributed by atoms with E-state index in [2.05, 4.69) is 4.74 Å². The molecule has 0 fully saturated rings. The summed E-state index contributed by atoms with van der Waals surface area (Å²) in [4.78, 5) is 10.8. The molecule has 0 bridgehead atoms. The third-order valence-corrected chi connectivity index (χ3v) is 1.17. The van der Waals surface area contributed by atoms with E-state index in [0.717, 1.165) is 6.21 Å². The zero-order chi connectivity index (χ0) is 9.78. The first-order chi connectivity index (χ1) is 5.38. The molecule has 0 saturated heterocycles. The molecule has 0 unspecified atom stereocenters. The van der Waals surface area contributed by atoms with E-state index in [0.29, 0.717) is 4.74 Å². The molecule has 4 heteroatoms. The van der Waals surface area contributed by atoms with Gasteiger partial charge in [0.2, 0.25) is 0 Å². The van der Waals surface area contributed by atoms with Gasteiger partial charge in [0.25, 0.3) is 6.21 Å². The van der Waals surface area contributed by atoms with Crippen molar-refractivity contribution in [2.24, 2.45) is 0 Å². The van der Waals surface area contributed by atoms with Gasteiger partial charge in [-0.1, -0.05) is 0 Å². The Morgan fingerprint density at radius 1 is 1.58 bits per heavy atom. The second-order valence-corrected chi connectivity index (χ2v) is 3.38. The maximum absolute atomic E-state index is 11.1. The number of rotatable bonds is 2. The van der Waals surface area contributed by atoms with Crippen molar-refractivity contribution in [2.75, 3.05) is 6.61 Å². The molecule has 12 heavy (non-hydrogen) atoms. The predicted octanol–water partition coefficient (Wildman–Crippen LogP) is 0.929. The highest BCUT2D eigenvalue weighted by Gasteiger charge is 2.19. The maximum atomic E-state index is 11.1. The number of hydroxylamine groups is 1. The molecule has 0 atom stereocenters. The first-order valence-electron chi connectivity index (χ1n) is 3.86. The molecule has 0 radical (unpaired) electrons. The summed E-state index contributed by atoms with van der Waals surface area (Å²) in [5, 5.41) is 11.1. The van der Waals surface area contributed by atoms with Gasteiger partial charge in [-0.3, -0.25) is 0 Å². The van der Waals surface area contributed by atoms with Gasteiger partial charge < -0.3 is 9.94 Å². The average molecular weight is 173 g/mol. The van der Waals surface area contributed by atoms with E-state index >= 15 is 0 Å². The SMILES string of the molecule is CCOC(=O)/C=[N+](/[O-])C(C)(C)C. The van der Waals surface area contributed by atoms with Crippen LogP contribution < -0.4 is 0 Å². The molecule has 0 aromatic rings. The summed E-state index contributed by atoms with van der Waals surface area (Å²) in [6.07, 6.45) is 0.920. The molecule has 0 saturated carbocycles. The number of hydrogen-bond donors (Lipinski definition) is 0. The van der Waals surface area contributed by atoms with Crippen molar-refractivity contribution in [3.63, 3.8) is 0 Å². The lowest BCUT2D eigenvalue weighted by Crippen LogP contribution is -2.31. The Labute approximate surface area is 72.4 Å². The van der Waals surface area contributed by atoms with E-state index in [1.165, 1.54) is 0 Å². The van der Waals surface area contributed by atoms with Crippen LogP contribution in [0.1, 0.15) is 27.7 Å². The summed E-state index contributed by atoms with van der Waals surface area (Å²) >= 11 is 0. The fourth-order valence-electron chi connectivity index (χ4n) is 0.469. The Morgan fingerprint density at radius 2 is 2.08 bits per heavy atom. The number of esters is 1. The van der Waals surface area contributed by atoms with E-state index in [-0.39, 0.29) is 6.61 Å². The topological polar surface area (TPSA) is 52.4 Å². The first-order valence-corrected chi connectivity index (χ1v) is 3.86. The molecule has 0 amide bonds. The third-order valence-electron chi connectivity index (χ3n) is 1.17. The minimum absolute atomic E-state index is 0.285. The molecule has 70 valence electrons. The Bertz CT molecular complexity index is 191. The molecule has 0 rings (SSSR count). The van der Waals surface area contributed by atoms with Crippen molar-refractivity contribution < 1.29 is 14.3 Å². The molecule has 0 aliphatic heterocycles. The minimum Gasteiger partial charge on any atom is -0.623 e. The largest absolute Gasteiger partial charge is 0.623 e. The molecule has 0 heterocycles. The van der Waals surface area contributed by atoms with E-state index in [1.807, 2.05) is 0 Å². The number of hydrogen-bond acceptors (Lipinski definition) is 3. The lowest BCUT2D eigenvalue weighted by Gasteiger charge is -2.17. The summed E-state index contributed by atoms with van der Waals surface area (Å²) in [5.74, 6) is -0.595. The van der Waals surface area contributed by atoms with Gasteiger partial charge in [-0.2, -0.15) is 0 Å². The van der Waals surface area contributed by atoms with Crippen molar-refractivity contribution in [3.8, 4) is 0 Å². The van der Waals surface area contributed by atoms with Crippen molar-refractivity contribution in [3.05, 3.63) is 5.21 Å². The van der Waals surface area contributed by atoms with Crippen LogP contribution in [0, 0.1) is 5.21 Å². The van der Waals surface area contributed by atoms with Crippen LogP contribution in [0.25, 0.3) is 0 Å². The van der Waals surface area contributed by atoms with Gasteiger partial charge in [-0.25, -0.2) is 9.53 Å². The van der Waals surface area contributed by atoms with Gasteiger partial charge in [-0.05, 0) is 6.92 Å². The molecule has 0 aromatic heterocycles. The average Bonchev–Trinajstić information content (AvgIpc) is 1.85. The normalized spacial score (nSPS) is 12.8. The highest BCUT2D eigenvalue weighted by Crippen LogP contribution is 2.03. The summed E-state index contributed by atoms with van der Waals surface area (Å²) < 4.78 is 5.16. The maximum Gasteiger partial charge on any atom is 0.396 e. The lowest BCUT2D eigenvalue weighted by atomic mass is 10.1. The molecule has 0 N–H and O–H groups in total. The van der Waals surface area contributed by atoms with Crippen LogP contribution in [0.2, 0.25) is 0 Å². The van der Waals surface area contributed by atoms with Crippen LogP contribution in [0.4, 0.5) is 0 Å². The van der Waals surface area contributed by atoms with Crippen LogP contribution in [0.15, 0.2) is 0 Å². The molecule has 4 nitrogen and oxygen atoms in total. The minimum atomic E-state index is -0.595. The Morgan fingerprint density at radius 3 is 2.42 bits per heavy atom. The van der Waals surface area contributed by atoms with Gasteiger partial charge >= 0.3 is 5.97 Å². The van der Waals surface area contributed by atoms with Crippen LogP contribution in [-0.4, -0.2) is 29.1 Å². The zero-order valence-corrected chi connectivity index (χ0v) is 7.96. The second-order valence-electron chi connectivity index (χ2n) is 3.38. The summed E-state index contributed by atoms with van der Waals surface area (Å²) in [6, 6.07) is 0. The van der Waals surface area contributed by atoms with Crippen LogP contribution in [0.3, 0.4) is 0 Å². The van der Waals surface area contributed by atoms with Crippen molar-refractivity contribution in [1.82, 2.24) is 0 Å². The van der Waals surface area contributed by atoms with Crippen LogP contribution in [0.5, 0.6) is 0 Å². The van der Waals surface area contributed by atoms with E-state index in [4.69, 9.17) is 0 Å². The monoisotopic (exact) mass is 173 g/mol. The second kappa shape index (κ2) is 4.09. The van der Waals surface area contributed by atoms with Gasteiger partial charge in [0.1, 0.15) is 0 Å². The molecular formula is C8H15NO3. The predicted molar refractivity (Wildman–Crippen MR) is 46.1 cm³/mol. The molecule has 0 aliphatic rings. The molecule has 0 spiro atoms. The first kappa shape index (κ1) is 10.9. The van der Waals surface area contributed by atoms with Crippen molar-refractivity contribution in [2.45, 2.75) is 33.2 Å². The molecule has 0 aliphatic carbocycles. The summed E-state index contributed by atoms with van der Waals surface area (Å²) in [7, 11) is 0. The van der Waals surface area contributed by atoms with E-state index in [1.54, 1.807) is 27.7 Å². The van der Waals surface area contributed by atoms with Gasteiger partial charge in [0, 0.05) is 20.8 Å². The smallest absolute Gasteiger partial charge is 0.396 e. The van der Waals surface area contributed by atoms with E-state index < -0.39 is 11.5 Å². The highest BCUT2D eigenvalue weighted by atomic mass is 16.5. The Balaban J connectivity index is 4.26. The zero-order valence-electron chi connectivity index (χ0n) is 7.96. The standard InChI is InChI=1S/C8H15NO3/c1-5-12-7(10)6-9(11)8(2,3)4/h6H,5H2,1-4H3/b9-6+. The number of carbonyl (C=O) groups is 1. The highest BCUT2D eigenvalue weighted by molar-refractivity contribution is 6.20. The fraction of sp³-hybridized carbons (Fsp3) is 0.750. The van der Waals surface area contributed by atoms with Crippen molar-refractivity contribution >= 4 is 12.2 Å². The number of nitrogens with zero attached hydrogens (tertiary/aromatic N) is 1. The quantitative estimate of drug-likeness (QED) is 0.205. The Hall–Kier alpha value is -1.06. The summed E-state index contributed by atoms with van der Waals surface area (Å²) in [6.45, 7) is 7.13. The molecular weight excluding hydrogens is 158 g/mol. The Kier molecular flexibility index (Phi) is 3.73. The van der Waals surface area contributed by atoms with Crippen LogP contribution >= 0.6 is 0 Å². The van der Waals surface area contributed by atoms with Gasteiger partial charge in [0.15, 0.2) is 5.54 Å². The third kappa shape index (κ3) is 3.95. The van der Waals surface area contributed by atoms with Crippen LogP contribution in [-0.2, 0) is 9.53 Å². The fourth-order valence-corrected chi connectivity index (χ4v) is 0.469. The van der Waals surface area contributed by atoms with Gasteiger partial charge in [0.05, 0.1) is 6.61 Å². The molecule has 0 aromatic carbocycles. The lowest BCUT2D eigenvalue weighted by molar-refractivity contribution is -0.530. The van der Waals surface area contributed by atoms with Crippen molar-refractivity contribution in [1.29, 1.82) is 0 Å².